The van der Waals surface area contributed by atoms with Crippen LogP contribution in [0.15, 0.2) is 42.5 Å². The zero-order chi connectivity index (χ0) is 14.8. The Morgan fingerprint density at radius 2 is 1.86 bits per heavy atom. The van der Waals surface area contributed by atoms with Crippen molar-refractivity contribution in [3.05, 3.63) is 59.2 Å². The van der Waals surface area contributed by atoms with Crippen LogP contribution >= 0.6 is 0 Å². The van der Waals surface area contributed by atoms with Gasteiger partial charge >= 0.3 is 0 Å². The normalized spacial score (nSPS) is 13.8. The van der Waals surface area contributed by atoms with Crippen molar-refractivity contribution < 1.29 is 9.59 Å². The molecule has 1 amide bonds. The van der Waals surface area contributed by atoms with E-state index >= 15 is 0 Å². The standard InChI is InChI=1S/C18H17NO2/c1-12-2-5-15(18(21)19-16-8-9-16)10-17(12)14-6-3-13(11-20)4-7-14/h2-7,10-11,16H,8-9H2,1H3,(H,19,21). The zero-order valence-corrected chi connectivity index (χ0v) is 11.9. The fourth-order valence-electron chi connectivity index (χ4n) is 2.31. The summed E-state index contributed by atoms with van der Waals surface area (Å²) < 4.78 is 0. The monoisotopic (exact) mass is 279 g/mol. The van der Waals surface area contributed by atoms with Gasteiger partial charge in [0.2, 0.25) is 0 Å². The Morgan fingerprint density at radius 3 is 2.48 bits per heavy atom. The van der Waals surface area contributed by atoms with Gasteiger partial charge in [-0.2, -0.15) is 0 Å². The number of hydrogen-bond acceptors (Lipinski definition) is 2. The second-order valence-electron chi connectivity index (χ2n) is 5.52. The van der Waals surface area contributed by atoms with Crippen molar-refractivity contribution in [3.8, 4) is 11.1 Å². The second-order valence-corrected chi connectivity index (χ2v) is 5.52. The van der Waals surface area contributed by atoms with E-state index in [9.17, 15) is 9.59 Å². The van der Waals surface area contributed by atoms with Crippen molar-refractivity contribution in [2.24, 2.45) is 0 Å². The van der Waals surface area contributed by atoms with Crippen LogP contribution < -0.4 is 5.32 Å². The fourth-order valence-corrected chi connectivity index (χ4v) is 2.31. The molecule has 1 aliphatic carbocycles. The molecule has 3 rings (SSSR count). The number of aryl methyl sites for hydroxylation is 1. The highest BCUT2D eigenvalue weighted by Gasteiger charge is 2.23. The summed E-state index contributed by atoms with van der Waals surface area (Å²) >= 11 is 0. The van der Waals surface area contributed by atoms with E-state index < -0.39 is 0 Å². The molecule has 3 nitrogen and oxygen atoms in total. The number of hydrogen-bond donors (Lipinski definition) is 1. The lowest BCUT2D eigenvalue weighted by Crippen LogP contribution is -2.25. The Bertz CT molecular complexity index is 685. The van der Waals surface area contributed by atoms with Crippen LogP contribution in [-0.4, -0.2) is 18.2 Å². The van der Waals surface area contributed by atoms with E-state index in [1.54, 1.807) is 12.1 Å². The van der Waals surface area contributed by atoms with Gasteiger partial charge in [-0.3, -0.25) is 9.59 Å². The Morgan fingerprint density at radius 1 is 1.14 bits per heavy atom. The van der Waals surface area contributed by atoms with E-state index in [0.717, 1.165) is 35.8 Å². The van der Waals surface area contributed by atoms with Gasteiger partial charge in [-0.1, -0.05) is 30.3 Å². The summed E-state index contributed by atoms with van der Waals surface area (Å²) in [6.45, 7) is 2.02. The molecule has 106 valence electrons. The highest BCUT2D eigenvalue weighted by atomic mass is 16.1. The van der Waals surface area contributed by atoms with Crippen LogP contribution in [0.4, 0.5) is 0 Å². The number of amides is 1. The van der Waals surface area contributed by atoms with Gasteiger partial charge in [-0.15, -0.1) is 0 Å². The number of carbonyl (C=O) groups excluding carboxylic acids is 2. The zero-order valence-electron chi connectivity index (χ0n) is 11.9. The van der Waals surface area contributed by atoms with E-state index in [-0.39, 0.29) is 5.91 Å². The van der Waals surface area contributed by atoms with Crippen LogP contribution in [0.2, 0.25) is 0 Å². The molecule has 2 aromatic carbocycles. The van der Waals surface area contributed by atoms with Crippen molar-refractivity contribution >= 4 is 12.2 Å². The minimum atomic E-state index is -0.0109. The summed E-state index contributed by atoms with van der Waals surface area (Å²) in [4.78, 5) is 22.9. The molecule has 1 aliphatic rings. The molecule has 21 heavy (non-hydrogen) atoms. The highest BCUT2D eigenvalue weighted by Crippen LogP contribution is 2.26. The van der Waals surface area contributed by atoms with Gasteiger partial charge in [0.05, 0.1) is 0 Å². The van der Waals surface area contributed by atoms with E-state index in [1.807, 2.05) is 37.3 Å². The van der Waals surface area contributed by atoms with Gasteiger partial charge in [0.25, 0.3) is 5.91 Å². The Kier molecular flexibility index (Phi) is 3.57. The number of carbonyl (C=O) groups is 2. The van der Waals surface area contributed by atoms with Gasteiger partial charge in [0, 0.05) is 17.2 Å². The maximum absolute atomic E-state index is 12.1. The third-order valence-corrected chi connectivity index (χ3v) is 3.77. The minimum Gasteiger partial charge on any atom is -0.349 e. The predicted molar refractivity (Wildman–Crippen MR) is 82.5 cm³/mol. The van der Waals surface area contributed by atoms with E-state index in [1.165, 1.54) is 0 Å². The maximum atomic E-state index is 12.1. The molecule has 3 heteroatoms. The molecule has 1 N–H and O–H groups in total. The van der Waals surface area contributed by atoms with E-state index in [0.29, 0.717) is 17.2 Å². The lowest BCUT2D eigenvalue weighted by molar-refractivity contribution is 0.0951. The highest BCUT2D eigenvalue weighted by molar-refractivity contribution is 5.96. The minimum absolute atomic E-state index is 0.0109. The number of nitrogens with one attached hydrogen (secondary N) is 1. The van der Waals surface area contributed by atoms with Gasteiger partial charge in [0.1, 0.15) is 6.29 Å². The van der Waals surface area contributed by atoms with Gasteiger partial charge in [-0.05, 0) is 48.6 Å². The number of rotatable bonds is 4. The van der Waals surface area contributed by atoms with Crippen molar-refractivity contribution in [2.45, 2.75) is 25.8 Å². The maximum Gasteiger partial charge on any atom is 0.251 e. The molecule has 0 unspecified atom stereocenters. The van der Waals surface area contributed by atoms with Gasteiger partial charge in [-0.25, -0.2) is 0 Å². The summed E-state index contributed by atoms with van der Waals surface area (Å²) in [5.41, 5.74) is 4.48. The molecule has 0 saturated heterocycles. The molecule has 0 radical (unpaired) electrons. The van der Waals surface area contributed by atoms with Gasteiger partial charge in [0.15, 0.2) is 0 Å². The van der Waals surface area contributed by atoms with Crippen molar-refractivity contribution in [1.82, 2.24) is 5.32 Å². The first-order valence-corrected chi connectivity index (χ1v) is 7.14. The van der Waals surface area contributed by atoms with Crippen LogP contribution in [0.1, 0.15) is 39.1 Å². The Balaban J connectivity index is 1.92. The molecule has 0 bridgehead atoms. The van der Waals surface area contributed by atoms with Crippen LogP contribution in [0, 0.1) is 6.92 Å². The topological polar surface area (TPSA) is 46.2 Å². The fraction of sp³-hybridized carbons (Fsp3) is 0.222. The molecule has 1 saturated carbocycles. The summed E-state index contributed by atoms with van der Waals surface area (Å²) in [5.74, 6) is -0.0109. The van der Waals surface area contributed by atoms with Crippen LogP contribution in [0.3, 0.4) is 0 Å². The summed E-state index contributed by atoms with van der Waals surface area (Å²) in [6, 6.07) is 13.5. The first-order valence-electron chi connectivity index (χ1n) is 7.14. The average molecular weight is 279 g/mol. The summed E-state index contributed by atoms with van der Waals surface area (Å²) in [6.07, 6.45) is 2.99. The first kappa shape index (κ1) is 13.6. The lowest BCUT2D eigenvalue weighted by Gasteiger charge is -2.10. The SMILES string of the molecule is Cc1ccc(C(=O)NC2CC2)cc1-c1ccc(C=O)cc1. The summed E-state index contributed by atoms with van der Waals surface area (Å²) in [7, 11) is 0. The van der Waals surface area contributed by atoms with Crippen molar-refractivity contribution in [3.63, 3.8) is 0 Å². The molecule has 0 atom stereocenters. The lowest BCUT2D eigenvalue weighted by atomic mass is 9.97. The van der Waals surface area contributed by atoms with Crippen LogP contribution in [-0.2, 0) is 0 Å². The average Bonchev–Trinajstić information content (AvgIpc) is 3.32. The quantitative estimate of drug-likeness (QED) is 0.872. The van der Waals surface area contributed by atoms with Crippen LogP contribution in [0.5, 0.6) is 0 Å². The molecule has 0 spiro atoms. The van der Waals surface area contributed by atoms with Gasteiger partial charge < -0.3 is 5.32 Å². The molecule has 0 heterocycles. The number of benzene rings is 2. The number of aldehydes is 1. The molecular weight excluding hydrogens is 262 g/mol. The second kappa shape index (κ2) is 5.52. The van der Waals surface area contributed by atoms with Crippen molar-refractivity contribution in [2.75, 3.05) is 0 Å². The summed E-state index contributed by atoms with van der Waals surface area (Å²) in [5, 5.41) is 3.00. The first-order chi connectivity index (χ1) is 10.2. The largest absolute Gasteiger partial charge is 0.349 e. The van der Waals surface area contributed by atoms with E-state index in [4.69, 9.17) is 0 Å². The third kappa shape index (κ3) is 3.02. The molecule has 1 fully saturated rings. The smallest absolute Gasteiger partial charge is 0.251 e. The molecular formula is C18H17NO2. The van der Waals surface area contributed by atoms with E-state index in [2.05, 4.69) is 5.32 Å². The molecule has 2 aromatic rings. The predicted octanol–water partition coefficient (Wildman–Crippen LogP) is 3.37. The Hall–Kier alpha value is -2.42. The molecule has 0 aliphatic heterocycles. The van der Waals surface area contributed by atoms with Crippen LogP contribution in [0.25, 0.3) is 11.1 Å². The Labute approximate surface area is 124 Å². The molecule has 0 aromatic heterocycles. The third-order valence-electron chi connectivity index (χ3n) is 3.77. The van der Waals surface area contributed by atoms with Crippen molar-refractivity contribution in [1.29, 1.82) is 0 Å².